The van der Waals surface area contributed by atoms with Crippen LogP contribution in [0.3, 0.4) is 0 Å². The molecule has 1 amide bonds. The van der Waals surface area contributed by atoms with Gasteiger partial charge in [-0.05, 0) is 48.2 Å². The standard InChI is InChI=1S/C20H24N2O3/c1-15(2)11-12-25-18-10-9-16(13-19(18)24-3)14-21-22-20(23)17-7-5-4-6-8-17/h4-10,13-15H,11-12H2,1-3H3,(H,22,23)/b21-14+. The van der Waals surface area contributed by atoms with Gasteiger partial charge in [0, 0.05) is 5.56 Å². The lowest BCUT2D eigenvalue weighted by Gasteiger charge is -2.12. The van der Waals surface area contributed by atoms with Crippen LogP contribution in [0.25, 0.3) is 0 Å². The number of hydrogen-bond acceptors (Lipinski definition) is 4. The Balaban J connectivity index is 1.96. The topological polar surface area (TPSA) is 59.9 Å². The van der Waals surface area contributed by atoms with Crippen molar-refractivity contribution < 1.29 is 14.3 Å². The minimum Gasteiger partial charge on any atom is -0.493 e. The first-order valence-corrected chi connectivity index (χ1v) is 8.29. The second kappa shape index (κ2) is 9.47. The van der Waals surface area contributed by atoms with Crippen molar-refractivity contribution in [2.75, 3.05) is 13.7 Å². The third-order valence-corrected chi connectivity index (χ3v) is 3.56. The number of ether oxygens (including phenoxy) is 2. The summed E-state index contributed by atoms with van der Waals surface area (Å²) in [5.74, 6) is 1.68. The van der Waals surface area contributed by atoms with E-state index in [1.54, 1.807) is 25.5 Å². The van der Waals surface area contributed by atoms with Crippen molar-refractivity contribution in [2.24, 2.45) is 11.0 Å². The Labute approximate surface area is 148 Å². The largest absolute Gasteiger partial charge is 0.493 e. The molecule has 0 aliphatic heterocycles. The Morgan fingerprint density at radius 2 is 1.92 bits per heavy atom. The quantitative estimate of drug-likeness (QED) is 0.586. The Bertz CT molecular complexity index is 712. The summed E-state index contributed by atoms with van der Waals surface area (Å²) >= 11 is 0. The van der Waals surface area contributed by atoms with E-state index in [9.17, 15) is 4.79 Å². The van der Waals surface area contributed by atoms with Gasteiger partial charge in [-0.15, -0.1) is 0 Å². The molecule has 1 N–H and O–H groups in total. The van der Waals surface area contributed by atoms with E-state index < -0.39 is 0 Å². The van der Waals surface area contributed by atoms with Crippen molar-refractivity contribution >= 4 is 12.1 Å². The summed E-state index contributed by atoms with van der Waals surface area (Å²) in [6.45, 7) is 4.96. The fourth-order valence-corrected chi connectivity index (χ4v) is 2.11. The highest BCUT2D eigenvalue weighted by Crippen LogP contribution is 2.27. The van der Waals surface area contributed by atoms with E-state index in [2.05, 4.69) is 24.4 Å². The highest BCUT2D eigenvalue weighted by Gasteiger charge is 2.06. The summed E-state index contributed by atoms with van der Waals surface area (Å²) < 4.78 is 11.1. The predicted molar refractivity (Wildman–Crippen MR) is 99.4 cm³/mol. The van der Waals surface area contributed by atoms with Crippen LogP contribution in [0.4, 0.5) is 0 Å². The van der Waals surface area contributed by atoms with Crippen molar-refractivity contribution in [3.8, 4) is 11.5 Å². The van der Waals surface area contributed by atoms with E-state index in [4.69, 9.17) is 9.47 Å². The zero-order valence-corrected chi connectivity index (χ0v) is 14.9. The van der Waals surface area contributed by atoms with Gasteiger partial charge in [-0.1, -0.05) is 32.0 Å². The Morgan fingerprint density at radius 1 is 1.16 bits per heavy atom. The molecule has 0 atom stereocenters. The van der Waals surface area contributed by atoms with Crippen molar-refractivity contribution in [2.45, 2.75) is 20.3 Å². The summed E-state index contributed by atoms with van der Waals surface area (Å²) in [5, 5.41) is 3.99. The van der Waals surface area contributed by atoms with E-state index in [1.807, 2.05) is 36.4 Å². The Kier molecular flexibility index (Phi) is 7.01. The first-order chi connectivity index (χ1) is 12.1. The van der Waals surface area contributed by atoms with Crippen LogP contribution in [-0.2, 0) is 0 Å². The average molecular weight is 340 g/mol. The molecular weight excluding hydrogens is 316 g/mol. The van der Waals surface area contributed by atoms with Gasteiger partial charge in [-0.25, -0.2) is 5.43 Å². The molecule has 0 radical (unpaired) electrons. The van der Waals surface area contributed by atoms with E-state index in [1.165, 1.54) is 0 Å². The van der Waals surface area contributed by atoms with E-state index in [0.717, 1.165) is 12.0 Å². The zero-order valence-electron chi connectivity index (χ0n) is 14.9. The molecule has 0 spiro atoms. The number of carbonyl (C=O) groups excluding carboxylic acids is 1. The molecule has 0 aliphatic rings. The maximum Gasteiger partial charge on any atom is 0.271 e. The molecule has 0 heterocycles. The van der Waals surface area contributed by atoms with Crippen LogP contribution < -0.4 is 14.9 Å². The lowest BCUT2D eigenvalue weighted by Crippen LogP contribution is -2.17. The van der Waals surface area contributed by atoms with E-state index in [0.29, 0.717) is 29.6 Å². The molecule has 2 rings (SSSR count). The third-order valence-electron chi connectivity index (χ3n) is 3.56. The van der Waals surface area contributed by atoms with Gasteiger partial charge in [0.05, 0.1) is 19.9 Å². The second-order valence-corrected chi connectivity index (χ2v) is 6.01. The van der Waals surface area contributed by atoms with Gasteiger partial charge < -0.3 is 9.47 Å². The van der Waals surface area contributed by atoms with Crippen LogP contribution in [-0.4, -0.2) is 25.8 Å². The predicted octanol–water partition coefficient (Wildman–Crippen LogP) is 3.88. The normalized spacial score (nSPS) is 10.9. The van der Waals surface area contributed by atoms with Crippen molar-refractivity contribution in [3.05, 3.63) is 59.7 Å². The first kappa shape index (κ1) is 18.5. The molecule has 25 heavy (non-hydrogen) atoms. The van der Waals surface area contributed by atoms with Crippen LogP contribution in [0.2, 0.25) is 0 Å². The van der Waals surface area contributed by atoms with Crippen LogP contribution in [0.1, 0.15) is 36.2 Å². The molecule has 0 saturated carbocycles. The number of carbonyl (C=O) groups is 1. The third kappa shape index (κ3) is 5.95. The van der Waals surface area contributed by atoms with Gasteiger partial charge in [0.25, 0.3) is 5.91 Å². The lowest BCUT2D eigenvalue weighted by molar-refractivity contribution is 0.0955. The minimum atomic E-state index is -0.252. The number of methoxy groups -OCH3 is 1. The molecule has 132 valence electrons. The molecule has 0 aliphatic carbocycles. The maximum absolute atomic E-state index is 11.9. The fraction of sp³-hybridized carbons (Fsp3) is 0.300. The number of hydrazone groups is 1. The van der Waals surface area contributed by atoms with Gasteiger partial charge >= 0.3 is 0 Å². The Morgan fingerprint density at radius 3 is 2.60 bits per heavy atom. The molecule has 0 saturated heterocycles. The van der Waals surface area contributed by atoms with E-state index >= 15 is 0 Å². The van der Waals surface area contributed by atoms with Gasteiger partial charge in [-0.3, -0.25) is 4.79 Å². The zero-order chi connectivity index (χ0) is 18.1. The van der Waals surface area contributed by atoms with Crippen molar-refractivity contribution in [1.82, 2.24) is 5.43 Å². The van der Waals surface area contributed by atoms with Crippen LogP contribution in [0.15, 0.2) is 53.6 Å². The van der Waals surface area contributed by atoms with Gasteiger partial charge in [0.2, 0.25) is 0 Å². The number of nitrogens with one attached hydrogen (secondary N) is 1. The Hall–Kier alpha value is -2.82. The summed E-state index contributed by atoms with van der Waals surface area (Å²) in [4.78, 5) is 11.9. The van der Waals surface area contributed by atoms with Gasteiger partial charge in [0.15, 0.2) is 11.5 Å². The van der Waals surface area contributed by atoms with Crippen LogP contribution in [0, 0.1) is 5.92 Å². The van der Waals surface area contributed by atoms with Crippen molar-refractivity contribution in [3.63, 3.8) is 0 Å². The highest BCUT2D eigenvalue weighted by atomic mass is 16.5. The summed E-state index contributed by atoms with van der Waals surface area (Å²) in [5.41, 5.74) is 3.87. The highest BCUT2D eigenvalue weighted by molar-refractivity contribution is 5.94. The molecule has 0 fully saturated rings. The van der Waals surface area contributed by atoms with Gasteiger partial charge in [0.1, 0.15) is 0 Å². The smallest absolute Gasteiger partial charge is 0.271 e. The number of benzene rings is 2. The van der Waals surface area contributed by atoms with Crippen LogP contribution >= 0.6 is 0 Å². The summed E-state index contributed by atoms with van der Waals surface area (Å²) in [6, 6.07) is 14.5. The molecule has 0 bridgehead atoms. The fourth-order valence-electron chi connectivity index (χ4n) is 2.11. The molecule has 5 nitrogen and oxygen atoms in total. The summed E-state index contributed by atoms with van der Waals surface area (Å²) in [6.07, 6.45) is 2.55. The summed E-state index contributed by atoms with van der Waals surface area (Å²) in [7, 11) is 1.60. The lowest BCUT2D eigenvalue weighted by atomic mass is 10.1. The monoisotopic (exact) mass is 340 g/mol. The SMILES string of the molecule is COc1cc(/C=N/NC(=O)c2ccccc2)ccc1OCCC(C)C. The number of hydrogen-bond donors (Lipinski definition) is 1. The van der Waals surface area contributed by atoms with Gasteiger partial charge in [-0.2, -0.15) is 5.10 Å². The maximum atomic E-state index is 11.9. The second-order valence-electron chi connectivity index (χ2n) is 6.01. The minimum absolute atomic E-state index is 0.252. The van der Waals surface area contributed by atoms with Crippen molar-refractivity contribution in [1.29, 1.82) is 0 Å². The average Bonchev–Trinajstić information content (AvgIpc) is 2.63. The molecule has 2 aromatic rings. The molecule has 0 unspecified atom stereocenters. The molecule has 0 aromatic heterocycles. The molecule has 2 aromatic carbocycles. The number of amides is 1. The van der Waals surface area contributed by atoms with E-state index in [-0.39, 0.29) is 5.91 Å². The van der Waals surface area contributed by atoms with Crippen LogP contribution in [0.5, 0.6) is 11.5 Å². The number of nitrogens with zero attached hydrogens (tertiary/aromatic N) is 1. The first-order valence-electron chi connectivity index (χ1n) is 8.29. The number of rotatable bonds is 8. The molecule has 5 heteroatoms. The molecular formula is C20H24N2O3.